The SMILES string of the molecule is CC1(C)c2ccccc2Oc2ccc3c(c21)c1cccnc1n3-c1cccc([Si](c2ccccc2)(c2ccccc2)c2cccc(-c3ccccn3)c2)c1. The second-order valence-electron chi connectivity index (χ2n) is 14.6. The molecule has 1 aliphatic heterocycles. The Morgan fingerprint density at radius 2 is 1.20 bits per heavy atom. The summed E-state index contributed by atoms with van der Waals surface area (Å²) in [5, 5.41) is 7.52. The molecule has 0 N–H and O–H groups in total. The third-order valence-corrected chi connectivity index (χ3v) is 16.0. The van der Waals surface area contributed by atoms with Crippen molar-refractivity contribution in [1.29, 1.82) is 0 Å². The van der Waals surface area contributed by atoms with E-state index >= 15 is 0 Å². The van der Waals surface area contributed by atoms with Crippen LogP contribution in [0.3, 0.4) is 0 Å². The molecule has 4 heterocycles. The molecule has 0 atom stereocenters. The number of hydrogen-bond acceptors (Lipinski definition) is 3. The number of fused-ring (bicyclic) bond motifs is 6. The predicted molar refractivity (Wildman–Crippen MR) is 224 cm³/mol. The van der Waals surface area contributed by atoms with Crippen LogP contribution in [0.5, 0.6) is 11.5 Å². The molecule has 0 spiro atoms. The lowest BCUT2D eigenvalue weighted by Crippen LogP contribution is -2.74. The minimum atomic E-state index is -2.91. The molecule has 6 aromatic carbocycles. The fourth-order valence-electron chi connectivity index (χ4n) is 8.91. The Balaban J connectivity index is 1.26. The van der Waals surface area contributed by atoms with Gasteiger partial charge in [-0.25, -0.2) is 4.98 Å². The van der Waals surface area contributed by atoms with Crippen molar-refractivity contribution in [3.63, 3.8) is 0 Å². The lowest BCUT2D eigenvalue weighted by Gasteiger charge is -2.35. The molecule has 5 heteroatoms. The molecular formula is C49H37N3OSi. The topological polar surface area (TPSA) is 39.9 Å². The van der Waals surface area contributed by atoms with E-state index in [4.69, 9.17) is 14.7 Å². The van der Waals surface area contributed by atoms with Gasteiger partial charge in [-0.1, -0.05) is 135 Å². The highest BCUT2D eigenvalue weighted by Crippen LogP contribution is 2.52. The lowest BCUT2D eigenvalue weighted by atomic mass is 9.74. The molecular weight excluding hydrogens is 675 g/mol. The van der Waals surface area contributed by atoms with E-state index in [-0.39, 0.29) is 5.41 Å². The molecule has 258 valence electrons. The van der Waals surface area contributed by atoms with Gasteiger partial charge in [0.15, 0.2) is 8.07 Å². The van der Waals surface area contributed by atoms with E-state index in [2.05, 4.69) is 176 Å². The van der Waals surface area contributed by atoms with Crippen LogP contribution in [0.25, 0.3) is 38.9 Å². The summed E-state index contributed by atoms with van der Waals surface area (Å²) >= 11 is 0. The van der Waals surface area contributed by atoms with Gasteiger partial charge in [0.2, 0.25) is 0 Å². The van der Waals surface area contributed by atoms with Gasteiger partial charge in [-0.15, -0.1) is 0 Å². The Morgan fingerprint density at radius 1 is 0.537 bits per heavy atom. The van der Waals surface area contributed by atoms with Crippen LogP contribution in [-0.2, 0) is 5.41 Å². The van der Waals surface area contributed by atoms with E-state index < -0.39 is 8.07 Å². The molecule has 0 amide bonds. The molecule has 0 saturated carbocycles. The Kier molecular flexibility index (Phi) is 7.46. The van der Waals surface area contributed by atoms with E-state index in [1.807, 2.05) is 30.6 Å². The molecule has 0 radical (unpaired) electrons. The number of aromatic nitrogens is 3. The second kappa shape index (κ2) is 12.5. The largest absolute Gasteiger partial charge is 0.457 e. The number of benzene rings is 6. The smallest absolute Gasteiger partial charge is 0.179 e. The van der Waals surface area contributed by atoms with Crippen molar-refractivity contribution in [2.45, 2.75) is 19.3 Å². The Bertz CT molecular complexity index is 2790. The third-order valence-electron chi connectivity index (χ3n) is 11.3. The van der Waals surface area contributed by atoms with Gasteiger partial charge in [-0.05, 0) is 75.3 Å². The second-order valence-corrected chi connectivity index (χ2v) is 18.4. The molecule has 0 unspecified atom stereocenters. The summed E-state index contributed by atoms with van der Waals surface area (Å²) in [7, 11) is -2.91. The summed E-state index contributed by atoms with van der Waals surface area (Å²) < 4.78 is 8.96. The zero-order valence-electron chi connectivity index (χ0n) is 30.1. The van der Waals surface area contributed by atoms with E-state index in [1.54, 1.807) is 0 Å². The van der Waals surface area contributed by atoms with Crippen LogP contribution in [0.2, 0.25) is 0 Å². The molecule has 1 aliphatic rings. The summed E-state index contributed by atoms with van der Waals surface area (Å²) in [5.41, 5.74) is 7.27. The Labute approximate surface area is 316 Å². The summed E-state index contributed by atoms with van der Waals surface area (Å²) in [6.07, 6.45) is 3.77. The molecule has 54 heavy (non-hydrogen) atoms. The van der Waals surface area contributed by atoms with Crippen molar-refractivity contribution in [1.82, 2.24) is 14.5 Å². The maximum absolute atomic E-state index is 6.61. The van der Waals surface area contributed by atoms with Crippen LogP contribution in [0, 0.1) is 0 Å². The van der Waals surface area contributed by atoms with Gasteiger partial charge in [-0.3, -0.25) is 9.55 Å². The number of ether oxygens (including phenoxy) is 1. The highest BCUT2D eigenvalue weighted by atomic mass is 28.3. The van der Waals surface area contributed by atoms with Crippen LogP contribution in [-0.4, -0.2) is 22.6 Å². The molecule has 0 fully saturated rings. The van der Waals surface area contributed by atoms with Gasteiger partial charge < -0.3 is 4.74 Å². The Morgan fingerprint density at radius 3 is 1.96 bits per heavy atom. The van der Waals surface area contributed by atoms with Crippen molar-refractivity contribution in [2.75, 3.05) is 0 Å². The zero-order valence-corrected chi connectivity index (χ0v) is 31.1. The number of pyridine rings is 2. The number of rotatable bonds is 6. The average Bonchev–Trinajstić information content (AvgIpc) is 3.57. The van der Waals surface area contributed by atoms with E-state index in [9.17, 15) is 0 Å². The van der Waals surface area contributed by atoms with Gasteiger partial charge in [0, 0.05) is 51.0 Å². The first-order chi connectivity index (χ1) is 26.5. The maximum Gasteiger partial charge on any atom is 0.179 e. The van der Waals surface area contributed by atoms with Gasteiger partial charge >= 0.3 is 0 Å². The van der Waals surface area contributed by atoms with Crippen molar-refractivity contribution in [3.05, 3.63) is 199 Å². The maximum atomic E-state index is 6.61. The highest BCUT2D eigenvalue weighted by molar-refractivity contribution is 7.20. The Hall–Kier alpha value is -6.56. The fourth-order valence-corrected chi connectivity index (χ4v) is 13.7. The fraction of sp³-hybridized carbons (Fsp3) is 0.0612. The monoisotopic (exact) mass is 711 g/mol. The third kappa shape index (κ3) is 4.82. The van der Waals surface area contributed by atoms with Crippen molar-refractivity contribution in [2.24, 2.45) is 0 Å². The minimum Gasteiger partial charge on any atom is -0.457 e. The molecule has 0 saturated heterocycles. The lowest BCUT2D eigenvalue weighted by molar-refractivity contribution is 0.420. The molecule has 0 aliphatic carbocycles. The predicted octanol–water partition coefficient (Wildman–Crippen LogP) is 9.05. The van der Waals surface area contributed by atoms with Crippen LogP contribution >= 0.6 is 0 Å². The first kappa shape index (κ1) is 32.1. The summed E-state index contributed by atoms with van der Waals surface area (Å²) in [6, 6.07) is 63.6. The molecule has 3 aromatic heterocycles. The van der Waals surface area contributed by atoms with E-state index in [0.717, 1.165) is 45.0 Å². The number of nitrogens with zero attached hydrogens (tertiary/aromatic N) is 3. The molecule has 10 rings (SSSR count). The normalized spacial score (nSPS) is 13.3. The van der Waals surface area contributed by atoms with Crippen LogP contribution < -0.4 is 25.5 Å². The van der Waals surface area contributed by atoms with Crippen molar-refractivity contribution >= 4 is 50.8 Å². The van der Waals surface area contributed by atoms with Crippen LogP contribution in [0.1, 0.15) is 25.0 Å². The van der Waals surface area contributed by atoms with E-state index in [1.165, 1.54) is 37.3 Å². The van der Waals surface area contributed by atoms with Gasteiger partial charge in [0.05, 0.1) is 11.2 Å². The standard InChI is InChI=1S/C49H37N3OSi/c1-49(2)41-25-9-10-27-44(41)53-45-29-28-43-46(47(45)49)40-24-15-31-51-48(40)52(43)35-17-14-23-39(33-35)54(36-18-5-3-6-19-36,37-20-7-4-8-21-37)38-22-13-16-34(32-38)42-26-11-12-30-50-42/h3-33H,1-2H3. The highest BCUT2D eigenvalue weighted by Gasteiger charge is 2.42. The summed E-state index contributed by atoms with van der Waals surface area (Å²) in [6.45, 7) is 4.62. The first-order valence-corrected chi connectivity index (χ1v) is 20.5. The van der Waals surface area contributed by atoms with E-state index in [0.29, 0.717) is 0 Å². The molecule has 9 aromatic rings. The van der Waals surface area contributed by atoms with Gasteiger partial charge in [0.25, 0.3) is 0 Å². The number of hydrogen-bond donors (Lipinski definition) is 0. The quantitative estimate of drug-likeness (QED) is 0.128. The number of para-hydroxylation sites is 1. The van der Waals surface area contributed by atoms with Gasteiger partial charge in [0.1, 0.15) is 17.1 Å². The van der Waals surface area contributed by atoms with Gasteiger partial charge in [-0.2, -0.15) is 0 Å². The van der Waals surface area contributed by atoms with Crippen LogP contribution in [0.4, 0.5) is 0 Å². The van der Waals surface area contributed by atoms with Crippen molar-refractivity contribution in [3.8, 4) is 28.4 Å². The van der Waals surface area contributed by atoms with Crippen LogP contribution in [0.15, 0.2) is 188 Å². The molecule has 4 nitrogen and oxygen atoms in total. The summed E-state index contributed by atoms with van der Waals surface area (Å²) in [4.78, 5) is 9.82. The van der Waals surface area contributed by atoms with Crippen molar-refractivity contribution < 1.29 is 4.74 Å². The summed E-state index contributed by atoms with van der Waals surface area (Å²) in [5.74, 6) is 1.81. The first-order valence-electron chi connectivity index (χ1n) is 18.5. The zero-order chi connectivity index (χ0) is 36.3. The minimum absolute atomic E-state index is 0.290. The molecule has 0 bridgehead atoms. The average molecular weight is 712 g/mol.